The van der Waals surface area contributed by atoms with Gasteiger partial charge in [0.2, 0.25) is 0 Å². The van der Waals surface area contributed by atoms with Gasteiger partial charge >= 0.3 is 0 Å². The van der Waals surface area contributed by atoms with Crippen LogP contribution in [0.2, 0.25) is 0 Å². The monoisotopic (exact) mass is 261 g/mol. The topological polar surface area (TPSA) is 35.6 Å². The molecule has 0 atom stereocenters. The zero-order chi connectivity index (χ0) is 12.5. The summed E-state index contributed by atoms with van der Waals surface area (Å²) in [5, 5.41) is 3.48. The molecule has 0 saturated carbocycles. The molecule has 4 nitrogen and oxygen atoms in total. The maximum absolute atomic E-state index is 11.2. The minimum absolute atomic E-state index is 0.547. The van der Waals surface area contributed by atoms with Crippen LogP contribution in [0.4, 0.5) is 0 Å². The van der Waals surface area contributed by atoms with Gasteiger partial charge < -0.3 is 15.1 Å². The van der Waals surface area contributed by atoms with Crippen LogP contribution in [-0.4, -0.2) is 77.9 Å². The Hall–Kier alpha value is 0.0300. The highest BCUT2D eigenvalue weighted by molar-refractivity contribution is 7.85. The van der Waals surface area contributed by atoms with Crippen LogP contribution in [0.3, 0.4) is 0 Å². The van der Waals surface area contributed by atoms with E-state index in [2.05, 4.69) is 29.0 Å². The summed E-state index contributed by atoms with van der Waals surface area (Å²) in [6.07, 6.45) is 0. The highest BCUT2D eigenvalue weighted by Gasteiger charge is 2.13. The van der Waals surface area contributed by atoms with Crippen molar-refractivity contribution in [2.75, 3.05) is 63.9 Å². The van der Waals surface area contributed by atoms with E-state index in [1.54, 1.807) is 0 Å². The van der Waals surface area contributed by atoms with Gasteiger partial charge in [-0.1, -0.05) is 13.8 Å². The lowest BCUT2D eigenvalue weighted by molar-refractivity contribution is 0.281. The van der Waals surface area contributed by atoms with E-state index >= 15 is 0 Å². The van der Waals surface area contributed by atoms with Crippen molar-refractivity contribution in [1.82, 2.24) is 15.1 Å². The van der Waals surface area contributed by atoms with Crippen molar-refractivity contribution < 1.29 is 4.21 Å². The number of hydrogen-bond acceptors (Lipinski definition) is 4. The van der Waals surface area contributed by atoms with Crippen molar-refractivity contribution in [3.63, 3.8) is 0 Å². The summed E-state index contributed by atoms with van der Waals surface area (Å²) in [6.45, 7) is 13.0. The Morgan fingerprint density at radius 2 is 1.82 bits per heavy atom. The molecule has 1 N–H and O–H groups in total. The van der Waals surface area contributed by atoms with Gasteiger partial charge in [0.25, 0.3) is 0 Å². The first-order valence-corrected chi connectivity index (χ1v) is 8.25. The predicted octanol–water partition coefficient (Wildman–Crippen LogP) is -0.0179. The van der Waals surface area contributed by atoms with Gasteiger partial charge in [-0.05, 0) is 13.1 Å². The fourth-order valence-electron chi connectivity index (χ4n) is 2.04. The number of likely N-dealkylation sites (N-methyl/N-ethyl adjacent to an activating group) is 1. The second kappa shape index (κ2) is 9.03. The summed E-state index contributed by atoms with van der Waals surface area (Å²) < 4.78 is 11.2. The van der Waals surface area contributed by atoms with E-state index in [0.717, 1.165) is 63.9 Å². The van der Waals surface area contributed by atoms with E-state index in [-0.39, 0.29) is 0 Å². The van der Waals surface area contributed by atoms with E-state index < -0.39 is 10.8 Å². The van der Waals surface area contributed by atoms with E-state index in [1.165, 1.54) is 0 Å². The van der Waals surface area contributed by atoms with Crippen molar-refractivity contribution >= 4 is 10.8 Å². The molecule has 1 rings (SSSR count). The maximum Gasteiger partial charge on any atom is 0.0363 e. The zero-order valence-corrected chi connectivity index (χ0v) is 12.1. The van der Waals surface area contributed by atoms with Gasteiger partial charge in [-0.15, -0.1) is 0 Å². The molecule has 0 aliphatic carbocycles. The summed E-state index contributed by atoms with van der Waals surface area (Å²) in [4.78, 5) is 4.84. The second-order valence-electron chi connectivity index (χ2n) is 4.47. The molecule has 1 saturated heterocycles. The summed E-state index contributed by atoms with van der Waals surface area (Å²) in [5.41, 5.74) is 0. The number of nitrogens with one attached hydrogen (secondary N) is 1. The Bertz CT molecular complexity index is 212. The van der Waals surface area contributed by atoms with E-state index in [0.29, 0.717) is 0 Å². The first kappa shape index (κ1) is 15.1. The van der Waals surface area contributed by atoms with Crippen LogP contribution in [0, 0.1) is 0 Å². The van der Waals surface area contributed by atoms with Gasteiger partial charge in [0, 0.05) is 61.6 Å². The van der Waals surface area contributed by atoms with Gasteiger partial charge in [-0.25, -0.2) is 0 Å². The lowest BCUT2D eigenvalue weighted by atomic mass is 10.4. The molecule has 1 fully saturated rings. The van der Waals surface area contributed by atoms with Crippen molar-refractivity contribution in [2.24, 2.45) is 0 Å². The fourth-order valence-corrected chi connectivity index (χ4v) is 3.17. The molecule has 1 aliphatic rings. The fraction of sp³-hybridized carbons (Fsp3) is 1.00. The molecular formula is C12H27N3OS. The number of nitrogens with zero attached hydrogens (tertiary/aromatic N) is 2. The van der Waals surface area contributed by atoms with Gasteiger partial charge in [0.1, 0.15) is 0 Å². The molecule has 0 aromatic carbocycles. The van der Waals surface area contributed by atoms with E-state index in [4.69, 9.17) is 0 Å². The largest absolute Gasteiger partial charge is 0.314 e. The standard InChI is InChI=1S/C12H27N3OS/c1-3-14(4-2)7-5-13-6-8-15-9-11-17(16)12-10-15/h13H,3-12H2,1-2H3. The summed E-state index contributed by atoms with van der Waals surface area (Å²) in [6, 6.07) is 0. The van der Waals surface area contributed by atoms with Crippen molar-refractivity contribution in [3.05, 3.63) is 0 Å². The first-order valence-electron chi connectivity index (χ1n) is 6.76. The summed E-state index contributed by atoms with van der Waals surface area (Å²) in [5.74, 6) is 1.72. The molecule has 0 aromatic rings. The summed E-state index contributed by atoms with van der Waals surface area (Å²) in [7, 11) is -0.547. The van der Waals surface area contributed by atoms with Crippen LogP contribution in [0.5, 0.6) is 0 Å². The molecule has 17 heavy (non-hydrogen) atoms. The Morgan fingerprint density at radius 3 is 2.41 bits per heavy atom. The molecule has 0 radical (unpaired) electrons. The quantitative estimate of drug-likeness (QED) is 0.623. The average molecular weight is 261 g/mol. The number of hydrogen-bond donors (Lipinski definition) is 1. The molecule has 0 spiro atoms. The average Bonchev–Trinajstić information content (AvgIpc) is 2.36. The van der Waals surface area contributed by atoms with Gasteiger partial charge in [-0.2, -0.15) is 0 Å². The highest BCUT2D eigenvalue weighted by atomic mass is 32.2. The number of rotatable bonds is 8. The van der Waals surface area contributed by atoms with Crippen LogP contribution in [-0.2, 0) is 10.8 Å². The molecule has 5 heteroatoms. The van der Waals surface area contributed by atoms with Gasteiger partial charge in [0.05, 0.1) is 0 Å². The first-order chi connectivity index (χ1) is 8.26. The smallest absolute Gasteiger partial charge is 0.0363 e. The SMILES string of the molecule is CCN(CC)CCNCCN1CCS(=O)CC1. The Morgan fingerprint density at radius 1 is 1.18 bits per heavy atom. The van der Waals surface area contributed by atoms with Gasteiger partial charge in [0.15, 0.2) is 0 Å². The third-order valence-corrected chi connectivity index (χ3v) is 4.65. The predicted molar refractivity (Wildman–Crippen MR) is 75.0 cm³/mol. The molecule has 0 aromatic heterocycles. The Kier molecular flexibility index (Phi) is 8.01. The lowest BCUT2D eigenvalue weighted by Crippen LogP contribution is -2.42. The highest BCUT2D eigenvalue weighted by Crippen LogP contribution is 1.98. The molecule has 0 amide bonds. The van der Waals surface area contributed by atoms with E-state index in [9.17, 15) is 4.21 Å². The second-order valence-corrected chi connectivity index (χ2v) is 6.16. The molecule has 1 aliphatic heterocycles. The Balaban J connectivity index is 1.95. The van der Waals surface area contributed by atoms with Crippen LogP contribution in [0.15, 0.2) is 0 Å². The Labute approximate surface area is 108 Å². The third kappa shape index (κ3) is 6.50. The van der Waals surface area contributed by atoms with Crippen molar-refractivity contribution in [3.8, 4) is 0 Å². The van der Waals surface area contributed by atoms with E-state index in [1.807, 2.05) is 0 Å². The van der Waals surface area contributed by atoms with Gasteiger partial charge in [-0.3, -0.25) is 4.21 Å². The van der Waals surface area contributed by atoms with Crippen LogP contribution >= 0.6 is 0 Å². The minimum atomic E-state index is -0.547. The normalized spacial score (nSPS) is 19.0. The maximum atomic E-state index is 11.2. The molecular weight excluding hydrogens is 234 g/mol. The van der Waals surface area contributed by atoms with Crippen LogP contribution < -0.4 is 5.32 Å². The lowest BCUT2D eigenvalue weighted by Gasteiger charge is -2.26. The zero-order valence-electron chi connectivity index (χ0n) is 11.3. The minimum Gasteiger partial charge on any atom is -0.314 e. The summed E-state index contributed by atoms with van der Waals surface area (Å²) >= 11 is 0. The van der Waals surface area contributed by atoms with Crippen LogP contribution in [0.1, 0.15) is 13.8 Å². The van der Waals surface area contributed by atoms with Crippen molar-refractivity contribution in [2.45, 2.75) is 13.8 Å². The van der Waals surface area contributed by atoms with Crippen molar-refractivity contribution in [1.29, 1.82) is 0 Å². The molecule has 0 unspecified atom stereocenters. The molecule has 1 heterocycles. The van der Waals surface area contributed by atoms with Crippen LogP contribution in [0.25, 0.3) is 0 Å². The third-order valence-electron chi connectivity index (χ3n) is 3.37. The molecule has 0 bridgehead atoms. The molecule has 102 valence electrons.